The monoisotopic (exact) mass is 506 g/mol. The van der Waals surface area contributed by atoms with Gasteiger partial charge in [-0.1, -0.05) is 42.3 Å². The topological polar surface area (TPSA) is 58.6 Å². The van der Waals surface area contributed by atoms with Gasteiger partial charge in [0.2, 0.25) is 5.91 Å². The second kappa shape index (κ2) is 10.2. The molecule has 1 N–H and O–H groups in total. The summed E-state index contributed by atoms with van der Waals surface area (Å²) in [6.07, 6.45) is -4.95. The Kier molecular flexibility index (Phi) is 7.84. The predicted molar refractivity (Wildman–Crippen MR) is 119 cm³/mol. The fourth-order valence-electron chi connectivity index (χ4n) is 3.27. The summed E-state index contributed by atoms with van der Waals surface area (Å²) in [6, 6.07) is 8.83. The predicted octanol–water partition coefficient (Wildman–Crippen LogP) is 6.61. The molecule has 2 aromatic carbocycles. The van der Waals surface area contributed by atoms with E-state index in [0.29, 0.717) is 16.5 Å². The summed E-state index contributed by atoms with van der Waals surface area (Å²) in [4.78, 5) is 26.4. The Morgan fingerprint density at radius 3 is 2.69 bits per heavy atom. The number of carbonyl (C=O) groups is 2. The van der Waals surface area contributed by atoms with Crippen molar-refractivity contribution in [1.29, 1.82) is 0 Å². The fraction of sp³-hybridized carbons (Fsp3) is 0.333. The summed E-state index contributed by atoms with van der Waals surface area (Å²) >= 11 is 13.7. The number of nitrogens with one attached hydrogen (secondary N) is 1. The maximum Gasteiger partial charge on any atom is 0.416 e. The van der Waals surface area contributed by atoms with E-state index in [1.54, 1.807) is 23.1 Å². The van der Waals surface area contributed by atoms with E-state index >= 15 is 0 Å². The maximum atomic E-state index is 12.8. The van der Waals surface area contributed by atoms with Gasteiger partial charge in [0.1, 0.15) is 12.0 Å². The molecule has 0 aromatic heterocycles. The molecule has 1 heterocycles. The number of nitrogens with zero attached hydrogens (tertiary/aromatic N) is 1. The van der Waals surface area contributed by atoms with Crippen molar-refractivity contribution in [2.75, 3.05) is 17.7 Å². The number of thioether (sulfide) groups is 1. The van der Waals surface area contributed by atoms with Crippen LogP contribution in [0, 0.1) is 0 Å². The molecule has 2 aromatic rings. The van der Waals surface area contributed by atoms with Gasteiger partial charge in [-0.15, -0.1) is 11.8 Å². The van der Waals surface area contributed by atoms with Crippen LogP contribution in [0.15, 0.2) is 42.5 Å². The highest BCUT2D eigenvalue weighted by atomic mass is 35.5. The van der Waals surface area contributed by atoms with Crippen molar-refractivity contribution in [1.82, 2.24) is 4.90 Å². The first-order valence-corrected chi connectivity index (χ1v) is 11.4. The van der Waals surface area contributed by atoms with Crippen LogP contribution < -0.4 is 5.32 Å². The first kappa shape index (κ1) is 24.5. The minimum Gasteiger partial charge on any atom is -0.447 e. The molecule has 1 aliphatic rings. The number of alkyl halides is 3. The van der Waals surface area contributed by atoms with Crippen LogP contribution in [-0.4, -0.2) is 35.3 Å². The van der Waals surface area contributed by atoms with Crippen molar-refractivity contribution in [3.8, 4) is 0 Å². The van der Waals surface area contributed by atoms with Gasteiger partial charge in [0.25, 0.3) is 0 Å². The molecule has 0 aliphatic carbocycles. The van der Waals surface area contributed by atoms with Gasteiger partial charge in [0, 0.05) is 21.3 Å². The number of anilines is 1. The van der Waals surface area contributed by atoms with Crippen molar-refractivity contribution in [2.24, 2.45) is 0 Å². The number of carbonyl (C=O) groups excluding carboxylic acids is 2. The number of rotatable bonds is 6. The molecule has 2 atom stereocenters. The van der Waals surface area contributed by atoms with E-state index in [-0.39, 0.29) is 29.3 Å². The molecule has 11 heteroatoms. The van der Waals surface area contributed by atoms with E-state index in [0.717, 1.165) is 17.7 Å². The third-order valence-electron chi connectivity index (χ3n) is 4.84. The van der Waals surface area contributed by atoms with Gasteiger partial charge in [0.15, 0.2) is 0 Å². The van der Waals surface area contributed by atoms with E-state index in [2.05, 4.69) is 5.32 Å². The quantitative estimate of drug-likeness (QED) is 0.478. The van der Waals surface area contributed by atoms with E-state index in [1.807, 2.05) is 6.92 Å². The second-order valence-corrected chi connectivity index (χ2v) is 8.91. The van der Waals surface area contributed by atoms with Gasteiger partial charge in [-0.2, -0.15) is 13.2 Å². The lowest BCUT2D eigenvalue weighted by molar-refractivity contribution is -0.137. The normalized spacial score (nSPS) is 17.4. The number of benzene rings is 2. The van der Waals surface area contributed by atoms with Crippen LogP contribution in [0.5, 0.6) is 0 Å². The van der Waals surface area contributed by atoms with E-state index in [9.17, 15) is 22.8 Å². The Hall–Kier alpha value is -2.10. The van der Waals surface area contributed by atoms with E-state index < -0.39 is 23.9 Å². The molecule has 1 aliphatic heterocycles. The van der Waals surface area contributed by atoms with Crippen LogP contribution in [0.4, 0.5) is 23.7 Å². The van der Waals surface area contributed by atoms with Crippen LogP contribution in [0.3, 0.4) is 0 Å². The van der Waals surface area contributed by atoms with Crippen LogP contribution in [0.2, 0.25) is 10.0 Å². The van der Waals surface area contributed by atoms with Gasteiger partial charge in [-0.25, -0.2) is 4.79 Å². The van der Waals surface area contributed by atoms with Crippen LogP contribution in [0.25, 0.3) is 0 Å². The molecular weight excluding hydrogens is 488 g/mol. The van der Waals surface area contributed by atoms with Crippen LogP contribution in [-0.2, 0) is 15.7 Å². The molecule has 0 saturated carbocycles. The summed E-state index contributed by atoms with van der Waals surface area (Å²) in [5, 5.41) is 2.82. The smallest absolute Gasteiger partial charge is 0.416 e. The first-order valence-electron chi connectivity index (χ1n) is 9.59. The molecule has 1 saturated heterocycles. The molecule has 0 radical (unpaired) electrons. The second-order valence-electron chi connectivity index (χ2n) is 6.99. The molecule has 0 unspecified atom stereocenters. The highest BCUT2D eigenvalue weighted by Crippen LogP contribution is 2.43. The number of hydrogen-bond acceptors (Lipinski definition) is 4. The van der Waals surface area contributed by atoms with E-state index in [1.165, 1.54) is 23.9 Å². The summed E-state index contributed by atoms with van der Waals surface area (Å²) in [5.41, 5.74) is -0.209. The summed E-state index contributed by atoms with van der Waals surface area (Å²) < 4.78 is 43.8. The minimum absolute atomic E-state index is 0.0449. The summed E-state index contributed by atoms with van der Waals surface area (Å²) in [6.45, 7) is 1.71. The third-order valence-corrected chi connectivity index (χ3v) is 6.61. The van der Waals surface area contributed by atoms with Crippen LogP contribution >= 0.6 is 35.0 Å². The third kappa shape index (κ3) is 5.82. The van der Waals surface area contributed by atoms with Crippen molar-refractivity contribution in [2.45, 2.75) is 30.9 Å². The summed E-state index contributed by atoms with van der Waals surface area (Å²) in [5.74, 6) is 0.121. The lowest BCUT2D eigenvalue weighted by atomic mass is 10.1. The molecule has 0 bridgehead atoms. The van der Waals surface area contributed by atoms with Gasteiger partial charge >= 0.3 is 12.3 Å². The van der Waals surface area contributed by atoms with Crippen molar-refractivity contribution >= 4 is 52.7 Å². The Labute approximate surface area is 197 Å². The number of ether oxygens (including phenoxy) is 1. The SMILES string of the molecule is CC[C@H](COC(=O)Nc1cccc(C(F)(F)F)c1)N1C(=O)CS[C@H]1c1ccc(Cl)cc1Cl. The van der Waals surface area contributed by atoms with E-state index in [4.69, 9.17) is 27.9 Å². The van der Waals surface area contributed by atoms with Gasteiger partial charge in [-0.05, 0) is 36.8 Å². The standard InChI is InChI=1S/C21H19Cl2F3N2O3S/c1-2-15(10-31-20(30)27-14-5-3-4-12(8-14)21(24,25)26)28-18(29)11-32-19(28)16-7-6-13(22)9-17(16)23/h3-9,15,19H,2,10-11H2,1H3,(H,27,30)/t15-,19+/m1/s1. The zero-order chi connectivity index (χ0) is 23.5. The largest absolute Gasteiger partial charge is 0.447 e. The van der Waals surface area contributed by atoms with Crippen LogP contribution in [0.1, 0.15) is 29.8 Å². The fourth-order valence-corrected chi connectivity index (χ4v) is 5.13. The van der Waals surface area contributed by atoms with Gasteiger partial charge in [-0.3, -0.25) is 10.1 Å². The van der Waals surface area contributed by atoms with Gasteiger partial charge < -0.3 is 9.64 Å². The Morgan fingerprint density at radius 2 is 2.03 bits per heavy atom. The number of halogens is 5. The molecule has 5 nitrogen and oxygen atoms in total. The zero-order valence-electron chi connectivity index (χ0n) is 16.8. The zero-order valence-corrected chi connectivity index (χ0v) is 19.1. The average Bonchev–Trinajstić information content (AvgIpc) is 3.09. The van der Waals surface area contributed by atoms with Crippen molar-refractivity contribution < 1.29 is 27.5 Å². The Bertz CT molecular complexity index is 1010. The molecule has 2 amide bonds. The Morgan fingerprint density at radius 1 is 1.28 bits per heavy atom. The van der Waals surface area contributed by atoms with Gasteiger partial charge in [0.05, 0.1) is 17.4 Å². The molecule has 1 fully saturated rings. The maximum absolute atomic E-state index is 12.8. The molecular formula is C21H19Cl2F3N2O3S. The Balaban J connectivity index is 1.67. The van der Waals surface area contributed by atoms with Crippen molar-refractivity contribution in [3.05, 3.63) is 63.6 Å². The molecule has 172 valence electrons. The van der Waals surface area contributed by atoms with Crippen molar-refractivity contribution in [3.63, 3.8) is 0 Å². The highest BCUT2D eigenvalue weighted by molar-refractivity contribution is 8.00. The lowest BCUT2D eigenvalue weighted by Crippen LogP contribution is -2.41. The highest BCUT2D eigenvalue weighted by Gasteiger charge is 2.38. The minimum atomic E-state index is -4.53. The first-order chi connectivity index (χ1) is 15.1. The number of amides is 2. The molecule has 32 heavy (non-hydrogen) atoms. The average molecular weight is 507 g/mol. The number of hydrogen-bond donors (Lipinski definition) is 1. The lowest BCUT2D eigenvalue weighted by Gasteiger charge is -2.32. The molecule has 3 rings (SSSR count). The molecule has 0 spiro atoms. The summed E-state index contributed by atoms with van der Waals surface area (Å²) in [7, 11) is 0.